The lowest BCUT2D eigenvalue weighted by atomic mass is 10.1. The topological polar surface area (TPSA) is 92.2 Å². The molecule has 0 radical (unpaired) electrons. The maximum Gasteiger partial charge on any atom is 0.255 e. The summed E-state index contributed by atoms with van der Waals surface area (Å²) in [6.07, 6.45) is 0.963. The first-order valence-electron chi connectivity index (χ1n) is 7.95. The number of carbonyl (C=O) groups is 1. The molecule has 0 aliphatic heterocycles. The standard InChI is InChI=1S/C17H19N5O2S/c1-4-12-5-7-13(8-6-12)18-14(23)9-25-17-21-20-16-19-15(24)10(2)11(3)22(16)17/h5-8H,4,9H2,1-3H3,(H,18,23)(H,19,20,24). The van der Waals surface area contributed by atoms with E-state index in [1.54, 1.807) is 11.3 Å². The maximum absolute atomic E-state index is 12.2. The van der Waals surface area contributed by atoms with Gasteiger partial charge in [0, 0.05) is 16.9 Å². The van der Waals surface area contributed by atoms with Crippen molar-refractivity contribution in [2.75, 3.05) is 11.1 Å². The van der Waals surface area contributed by atoms with Crippen molar-refractivity contribution in [2.24, 2.45) is 0 Å². The second-order valence-corrected chi connectivity index (χ2v) is 6.64. The monoisotopic (exact) mass is 357 g/mol. The normalized spacial score (nSPS) is 11.0. The van der Waals surface area contributed by atoms with Crippen molar-refractivity contribution >= 4 is 29.1 Å². The average molecular weight is 357 g/mol. The zero-order valence-electron chi connectivity index (χ0n) is 14.3. The van der Waals surface area contributed by atoms with Crippen molar-refractivity contribution < 1.29 is 4.79 Å². The van der Waals surface area contributed by atoms with E-state index >= 15 is 0 Å². The summed E-state index contributed by atoms with van der Waals surface area (Å²) in [7, 11) is 0. The van der Waals surface area contributed by atoms with Crippen molar-refractivity contribution in [3.8, 4) is 0 Å². The first kappa shape index (κ1) is 17.2. The second-order valence-electron chi connectivity index (χ2n) is 5.69. The number of nitrogens with one attached hydrogen (secondary N) is 2. The smallest absolute Gasteiger partial charge is 0.255 e. The van der Waals surface area contributed by atoms with Crippen molar-refractivity contribution in [2.45, 2.75) is 32.3 Å². The lowest BCUT2D eigenvalue weighted by Crippen LogP contribution is -2.16. The van der Waals surface area contributed by atoms with E-state index < -0.39 is 0 Å². The molecule has 0 bridgehead atoms. The number of hydrogen-bond donors (Lipinski definition) is 2. The molecule has 0 atom stereocenters. The Morgan fingerprint density at radius 2 is 1.96 bits per heavy atom. The van der Waals surface area contributed by atoms with Crippen LogP contribution in [0, 0.1) is 13.8 Å². The van der Waals surface area contributed by atoms with Gasteiger partial charge in [0.05, 0.1) is 5.75 Å². The molecule has 0 aliphatic carbocycles. The fourth-order valence-corrected chi connectivity index (χ4v) is 3.21. The van der Waals surface area contributed by atoms with Crippen LogP contribution in [0.25, 0.3) is 5.78 Å². The number of thioether (sulfide) groups is 1. The summed E-state index contributed by atoms with van der Waals surface area (Å²) in [5, 5.41) is 11.5. The van der Waals surface area contributed by atoms with Crippen LogP contribution in [0.2, 0.25) is 0 Å². The summed E-state index contributed by atoms with van der Waals surface area (Å²) in [5.41, 5.74) is 3.19. The van der Waals surface area contributed by atoms with Gasteiger partial charge in [0.25, 0.3) is 5.56 Å². The van der Waals surface area contributed by atoms with Gasteiger partial charge in [0.2, 0.25) is 11.7 Å². The molecule has 3 rings (SSSR count). The summed E-state index contributed by atoms with van der Waals surface area (Å²) in [6, 6.07) is 7.78. The first-order valence-corrected chi connectivity index (χ1v) is 8.94. The lowest BCUT2D eigenvalue weighted by Gasteiger charge is -2.07. The number of aryl methyl sites for hydroxylation is 2. The number of hydrogen-bond acceptors (Lipinski definition) is 5. The second kappa shape index (κ2) is 7.10. The molecular weight excluding hydrogens is 338 g/mol. The summed E-state index contributed by atoms with van der Waals surface area (Å²) >= 11 is 1.28. The molecule has 25 heavy (non-hydrogen) atoms. The van der Waals surface area contributed by atoms with Gasteiger partial charge in [0.15, 0.2) is 5.16 Å². The van der Waals surface area contributed by atoms with Gasteiger partial charge in [0.1, 0.15) is 0 Å². The number of aromatic amines is 1. The number of carbonyl (C=O) groups excluding carboxylic acids is 1. The van der Waals surface area contributed by atoms with E-state index in [1.807, 2.05) is 31.2 Å². The zero-order chi connectivity index (χ0) is 18.0. The van der Waals surface area contributed by atoms with E-state index in [1.165, 1.54) is 17.3 Å². The lowest BCUT2D eigenvalue weighted by molar-refractivity contribution is -0.113. The van der Waals surface area contributed by atoms with Gasteiger partial charge in [-0.15, -0.1) is 10.2 Å². The SMILES string of the molecule is CCc1ccc(NC(=O)CSc2nnc3[nH]c(=O)c(C)c(C)n23)cc1. The van der Waals surface area contributed by atoms with E-state index in [9.17, 15) is 9.59 Å². The third kappa shape index (κ3) is 3.58. The van der Waals surface area contributed by atoms with Crippen molar-refractivity contribution in [1.29, 1.82) is 0 Å². The Kier molecular flexibility index (Phi) is 4.89. The Balaban J connectivity index is 1.71. The number of anilines is 1. The van der Waals surface area contributed by atoms with Crippen molar-refractivity contribution in [1.82, 2.24) is 19.6 Å². The van der Waals surface area contributed by atoms with Crippen LogP contribution in [-0.4, -0.2) is 31.2 Å². The molecule has 1 aromatic carbocycles. The van der Waals surface area contributed by atoms with E-state index in [-0.39, 0.29) is 17.2 Å². The minimum Gasteiger partial charge on any atom is -0.325 e. The van der Waals surface area contributed by atoms with Crippen LogP contribution in [0.4, 0.5) is 5.69 Å². The van der Waals surface area contributed by atoms with E-state index in [0.29, 0.717) is 16.5 Å². The summed E-state index contributed by atoms with van der Waals surface area (Å²) in [5.74, 6) is 0.462. The third-order valence-electron chi connectivity index (χ3n) is 4.06. The molecule has 8 heteroatoms. The molecule has 0 spiro atoms. The molecule has 2 aromatic heterocycles. The number of aromatic nitrogens is 4. The van der Waals surface area contributed by atoms with E-state index in [2.05, 4.69) is 27.4 Å². The van der Waals surface area contributed by atoms with Crippen LogP contribution in [0.3, 0.4) is 0 Å². The molecule has 1 amide bonds. The largest absolute Gasteiger partial charge is 0.325 e. The van der Waals surface area contributed by atoms with Crippen LogP contribution in [0.15, 0.2) is 34.2 Å². The molecule has 130 valence electrons. The van der Waals surface area contributed by atoms with Gasteiger partial charge >= 0.3 is 0 Å². The molecular formula is C17H19N5O2S. The highest BCUT2D eigenvalue weighted by Gasteiger charge is 2.14. The fourth-order valence-electron chi connectivity index (χ4n) is 2.43. The molecule has 0 unspecified atom stereocenters. The predicted octanol–water partition coefficient (Wildman–Crippen LogP) is 2.33. The number of rotatable bonds is 5. The van der Waals surface area contributed by atoms with Gasteiger partial charge in [-0.25, -0.2) is 0 Å². The maximum atomic E-state index is 12.2. The minimum atomic E-state index is -0.179. The quantitative estimate of drug-likeness (QED) is 0.684. The van der Waals surface area contributed by atoms with E-state index in [0.717, 1.165) is 17.8 Å². The van der Waals surface area contributed by atoms with Crippen LogP contribution in [0.5, 0.6) is 0 Å². The van der Waals surface area contributed by atoms with Crippen LogP contribution < -0.4 is 10.9 Å². The van der Waals surface area contributed by atoms with Crippen molar-refractivity contribution in [3.05, 3.63) is 51.4 Å². The molecule has 0 aliphatic rings. The zero-order valence-corrected chi connectivity index (χ0v) is 15.1. The third-order valence-corrected chi connectivity index (χ3v) is 4.98. The number of benzene rings is 1. The van der Waals surface area contributed by atoms with E-state index in [4.69, 9.17) is 0 Å². The molecule has 0 fully saturated rings. The summed E-state index contributed by atoms with van der Waals surface area (Å²) in [6.45, 7) is 5.67. The van der Waals surface area contributed by atoms with Gasteiger partial charge in [-0.1, -0.05) is 30.8 Å². The number of nitrogens with zero attached hydrogens (tertiary/aromatic N) is 3. The Morgan fingerprint density at radius 1 is 1.24 bits per heavy atom. The van der Waals surface area contributed by atoms with Gasteiger partial charge in [-0.2, -0.15) is 0 Å². The Bertz CT molecular complexity index is 975. The predicted molar refractivity (Wildman–Crippen MR) is 98.3 cm³/mol. The average Bonchev–Trinajstić information content (AvgIpc) is 3.01. The van der Waals surface area contributed by atoms with Crippen LogP contribution in [0.1, 0.15) is 23.7 Å². The summed E-state index contributed by atoms with van der Waals surface area (Å²) < 4.78 is 1.75. The highest BCUT2D eigenvalue weighted by molar-refractivity contribution is 7.99. The molecule has 7 nitrogen and oxygen atoms in total. The highest BCUT2D eigenvalue weighted by Crippen LogP contribution is 2.19. The van der Waals surface area contributed by atoms with Gasteiger partial charge in [-0.3, -0.25) is 19.0 Å². The molecule has 0 saturated carbocycles. The first-order chi connectivity index (χ1) is 12.0. The minimum absolute atomic E-state index is 0.121. The number of H-pyrrole nitrogens is 1. The Labute approximate surface area is 148 Å². The van der Waals surface area contributed by atoms with Crippen LogP contribution >= 0.6 is 11.8 Å². The van der Waals surface area contributed by atoms with Crippen molar-refractivity contribution in [3.63, 3.8) is 0 Å². The molecule has 3 aromatic rings. The van der Waals surface area contributed by atoms with Crippen LogP contribution in [-0.2, 0) is 11.2 Å². The highest BCUT2D eigenvalue weighted by atomic mass is 32.2. The molecule has 2 N–H and O–H groups in total. The molecule has 0 saturated heterocycles. The van der Waals surface area contributed by atoms with Gasteiger partial charge in [-0.05, 0) is 38.0 Å². The Morgan fingerprint density at radius 3 is 2.64 bits per heavy atom. The fraction of sp³-hybridized carbons (Fsp3) is 0.294. The molecule has 2 heterocycles. The number of amides is 1. The van der Waals surface area contributed by atoms with Gasteiger partial charge < -0.3 is 5.32 Å². The number of fused-ring (bicyclic) bond motifs is 1. The summed E-state index contributed by atoms with van der Waals surface area (Å²) in [4.78, 5) is 26.6. The Hall–Kier alpha value is -2.61.